The minimum absolute atomic E-state index is 0.532. The number of hydrogen-bond donors (Lipinski definition) is 0. The number of hydrogen-bond acceptors (Lipinski definition) is 4. The molecule has 0 aliphatic rings. The van der Waals surface area contributed by atoms with Crippen molar-refractivity contribution in [3.63, 3.8) is 0 Å². The number of benzene rings is 10. The van der Waals surface area contributed by atoms with E-state index in [9.17, 15) is 0 Å². The van der Waals surface area contributed by atoms with E-state index in [0.717, 1.165) is 71.6 Å². The fourth-order valence-corrected chi connectivity index (χ4v) is 10.3. The average Bonchev–Trinajstić information content (AvgIpc) is 4.02. The van der Waals surface area contributed by atoms with Crippen molar-refractivity contribution in [3.8, 4) is 34.4 Å². The van der Waals surface area contributed by atoms with Crippen molar-refractivity contribution in [2.24, 2.45) is 0 Å². The lowest BCUT2D eigenvalue weighted by Crippen LogP contribution is -2.06. The van der Waals surface area contributed by atoms with Gasteiger partial charge in [-0.25, -0.2) is 4.98 Å². The molecule has 4 aromatic heterocycles. The third kappa shape index (κ3) is 4.86. The summed E-state index contributed by atoms with van der Waals surface area (Å²) in [6.07, 6.45) is 0. The molecule has 4 heterocycles. The van der Waals surface area contributed by atoms with Crippen LogP contribution in [-0.4, -0.2) is 24.1 Å². The van der Waals surface area contributed by atoms with E-state index in [1.54, 1.807) is 0 Å². The second-order valence-electron chi connectivity index (χ2n) is 16.3. The Hall–Kier alpha value is -8.61. The standard InChI is InChI=1S/C57H33N5O/c1-2-15-34(16-3-1)55-58-56(46-25-14-24-44-42-22-10-13-28-51(42)63-54(44)46)60-57(59-55)62-49-27-12-9-23-45(49)52-50(62)32-31-43-41-21-8-11-26-48(41)61(53(43)52)35-29-30-40-38-19-5-4-17-36(38)37-18-6-7-20-39(37)47(40)33-35/h1-33H. The monoisotopic (exact) mass is 803 g/mol. The predicted molar refractivity (Wildman–Crippen MR) is 259 cm³/mol. The Balaban J connectivity index is 1.08. The number of nitrogens with zero attached hydrogens (tertiary/aromatic N) is 5. The van der Waals surface area contributed by atoms with E-state index >= 15 is 0 Å². The van der Waals surface area contributed by atoms with Gasteiger partial charge in [0.25, 0.3) is 0 Å². The molecule has 0 atom stereocenters. The smallest absolute Gasteiger partial charge is 0.238 e. The van der Waals surface area contributed by atoms with Crippen molar-refractivity contribution < 1.29 is 4.42 Å². The Morgan fingerprint density at radius 1 is 0.349 bits per heavy atom. The lowest BCUT2D eigenvalue weighted by Gasteiger charge is -2.14. The summed E-state index contributed by atoms with van der Waals surface area (Å²) in [5, 5.41) is 14.2. The van der Waals surface area contributed by atoms with Crippen molar-refractivity contribution in [3.05, 3.63) is 200 Å². The molecule has 10 aromatic carbocycles. The van der Waals surface area contributed by atoms with Gasteiger partial charge in [-0.05, 0) is 74.8 Å². The summed E-state index contributed by atoms with van der Waals surface area (Å²) in [5.74, 6) is 1.66. The van der Waals surface area contributed by atoms with Gasteiger partial charge in [0.15, 0.2) is 11.6 Å². The highest BCUT2D eigenvalue weighted by molar-refractivity contribution is 6.28. The zero-order valence-corrected chi connectivity index (χ0v) is 33.7. The van der Waals surface area contributed by atoms with E-state index < -0.39 is 0 Å². The molecule has 6 nitrogen and oxygen atoms in total. The molecule has 63 heavy (non-hydrogen) atoms. The molecule has 0 saturated heterocycles. The molecule has 292 valence electrons. The maximum atomic E-state index is 6.55. The van der Waals surface area contributed by atoms with Crippen LogP contribution in [0.25, 0.3) is 132 Å². The SMILES string of the molecule is c1ccc(-c2nc(-c3cccc4c3oc3ccccc34)nc(-n3c4ccccc4c4c3ccc3c5ccccc5n(-c5ccc6c7ccccc7c7ccccc7c6c5)c34)n2)cc1. The number of para-hydroxylation sites is 4. The molecule has 0 fully saturated rings. The average molecular weight is 804 g/mol. The van der Waals surface area contributed by atoms with Crippen LogP contribution in [-0.2, 0) is 0 Å². The van der Waals surface area contributed by atoms with Gasteiger partial charge in [0, 0.05) is 43.6 Å². The van der Waals surface area contributed by atoms with E-state index in [4.69, 9.17) is 19.4 Å². The van der Waals surface area contributed by atoms with Crippen LogP contribution < -0.4 is 0 Å². The van der Waals surface area contributed by atoms with Gasteiger partial charge >= 0.3 is 0 Å². The maximum absolute atomic E-state index is 6.55. The van der Waals surface area contributed by atoms with Gasteiger partial charge < -0.3 is 8.98 Å². The van der Waals surface area contributed by atoms with Crippen molar-refractivity contribution in [2.75, 3.05) is 0 Å². The van der Waals surface area contributed by atoms with Crippen LogP contribution in [0.4, 0.5) is 0 Å². The molecule has 14 aromatic rings. The topological polar surface area (TPSA) is 61.7 Å². The van der Waals surface area contributed by atoms with Crippen LogP contribution in [0.15, 0.2) is 205 Å². The lowest BCUT2D eigenvalue weighted by molar-refractivity contribution is 0.669. The van der Waals surface area contributed by atoms with E-state index in [0.29, 0.717) is 17.6 Å². The van der Waals surface area contributed by atoms with E-state index in [1.807, 2.05) is 54.6 Å². The van der Waals surface area contributed by atoms with Crippen LogP contribution in [0.1, 0.15) is 0 Å². The Labute approximate surface area is 359 Å². The zero-order chi connectivity index (χ0) is 41.2. The lowest BCUT2D eigenvalue weighted by atomic mass is 9.94. The summed E-state index contributed by atoms with van der Waals surface area (Å²) in [4.78, 5) is 15.8. The molecule has 0 radical (unpaired) electrons. The van der Waals surface area contributed by atoms with Crippen LogP contribution in [0.2, 0.25) is 0 Å². The number of rotatable bonds is 4. The first-order valence-electron chi connectivity index (χ1n) is 21.3. The summed E-state index contributed by atoms with van der Waals surface area (Å²) in [5.41, 5.74) is 8.68. The number of aromatic nitrogens is 5. The molecule has 0 aliphatic heterocycles. The molecule has 6 heteroatoms. The van der Waals surface area contributed by atoms with Crippen molar-refractivity contribution in [1.82, 2.24) is 24.1 Å². The van der Waals surface area contributed by atoms with Crippen LogP contribution in [0.3, 0.4) is 0 Å². The molecule has 0 N–H and O–H groups in total. The molecule has 0 unspecified atom stereocenters. The van der Waals surface area contributed by atoms with E-state index in [1.165, 1.54) is 43.1 Å². The predicted octanol–water partition coefficient (Wildman–Crippen LogP) is 14.8. The first-order chi connectivity index (χ1) is 31.3. The minimum Gasteiger partial charge on any atom is -0.455 e. The summed E-state index contributed by atoms with van der Waals surface area (Å²) >= 11 is 0. The summed E-state index contributed by atoms with van der Waals surface area (Å²) in [6, 6.07) is 70.9. The molecule has 0 aliphatic carbocycles. The molecule has 0 amide bonds. The van der Waals surface area contributed by atoms with Crippen LogP contribution >= 0.6 is 0 Å². The van der Waals surface area contributed by atoms with Crippen molar-refractivity contribution in [1.29, 1.82) is 0 Å². The quantitative estimate of drug-likeness (QED) is 0.166. The Bertz CT molecular complexity index is 4180. The van der Waals surface area contributed by atoms with Gasteiger partial charge in [0.2, 0.25) is 5.95 Å². The highest BCUT2D eigenvalue weighted by Crippen LogP contribution is 2.44. The minimum atomic E-state index is 0.532. The maximum Gasteiger partial charge on any atom is 0.238 e. The largest absolute Gasteiger partial charge is 0.455 e. The normalized spacial score (nSPS) is 12.1. The second-order valence-corrected chi connectivity index (χ2v) is 16.3. The third-order valence-electron chi connectivity index (χ3n) is 13.0. The molecule has 0 spiro atoms. The van der Waals surface area contributed by atoms with Gasteiger partial charge in [-0.2, -0.15) is 9.97 Å². The van der Waals surface area contributed by atoms with Crippen molar-refractivity contribution in [2.45, 2.75) is 0 Å². The van der Waals surface area contributed by atoms with Gasteiger partial charge in [-0.3, -0.25) is 4.57 Å². The van der Waals surface area contributed by atoms with Gasteiger partial charge in [-0.1, -0.05) is 158 Å². The number of furan rings is 1. The van der Waals surface area contributed by atoms with Gasteiger partial charge in [0.1, 0.15) is 11.2 Å². The first kappa shape index (κ1) is 34.1. The molecular weight excluding hydrogens is 771 g/mol. The molecule has 0 bridgehead atoms. The molecule has 0 saturated carbocycles. The third-order valence-corrected chi connectivity index (χ3v) is 13.0. The first-order valence-corrected chi connectivity index (χ1v) is 21.3. The van der Waals surface area contributed by atoms with Gasteiger partial charge in [-0.15, -0.1) is 0 Å². The summed E-state index contributed by atoms with van der Waals surface area (Å²) in [6.45, 7) is 0. The van der Waals surface area contributed by atoms with E-state index in [2.05, 4.69) is 155 Å². The molecule has 14 rings (SSSR count). The summed E-state index contributed by atoms with van der Waals surface area (Å²) in [7, 11) is 0. The Morgan fingerprint density at radius 3 is 1.68 bits per heavy atom. The number of fused-ring (bicyclic) bond motifs is 16. The second kappa shape index (κ2) is 12.9. The van der Waals surface area contributed by atoms with Crippen molar-refractivity contribution >= 4 is 97.9 Å². The molecular formula is C57H33N5O. The van der Waals surface area contributed by atoms with Crippen LogP contribution in [0, 0.1) is 0 Å². The zero-order valence-electron chi connectivity index (χ0n) is 33.7. The summed E-state index contributed by atoms with van der Waals surface area (Å²) < 4.78 is 11.2. The Morgan fingerprint density at radius 2 is 0.921 bits per heavy atom. The highest BCUT2D eigenvalue weighted by Gasteiger charge is 2.24. The Kier molecular flexibility index (Phi) is 7.02. The fraction of sp³-hybridized carbons (Fsp3) is 0. The van der Waals surface area contributed by atoms with E-state index in [-0.39, 0.29) is 0 Å². The van der Waals surface area contributed by atoms with Gasteiger partial charge in [0.05, 0.1) is 27.6 Å². The fourth-order valence-electron chi connectivity index (χ4n) is 10.3. The van der Waals surface area contributed by atoms with Crippen LogP contribution in [0.5, 0.6) is 0 Å². The highest BCUT2D eigenvalue weighted by atomic mass is 16.3.